The van der Waals surface area contributed by atoms with E-state index in [9.17, 15) is 0 Å². The van der Waals surface area contributed by atoms with Gasteiger partial charge in [-0.3, -0.25) is 0 Å². The maximum Gasteiger partial charge on any atom is 0.133 e. The van der Waals surface area contributed by atoms with Gasteiger partial charge >= 0.3 is 0 Å². The summed E-state index contributed by atoms with van der Waals surface area (Å²) in [4.78, 5) is 0. The molecule has 0 aliphatic rings. The van der Waals surface area contributed by atoms with E-state index >= 15 is 0 Å². The highest BCUT2D eigenvalue weighted by Gasteiger charge is 1.94. The minimum atomic E-state index is 0.426. The standard InChI is InChI=1S/C8H16BN/c1-4-8(10-3)6-5-7(2)9/h4-5,8,10H,1,6,9H2,2-3H3/b7-5+. The van der Waals surface area contributed by atoms with E-state index in [0.717, 1.165) is 6.42 Å². The van der Waals surface area contributed by atoms with Crippen LogP contribution in [0.3, 0.4) is 0 Å². The molecule has 56 valence electrons. The Labute approximate surface area is 64.6 Å². The second kappa shape index (κ2) is 5.30. The first-order valence-electron chi connectivity index (χ1n) is 3.64. The van der Waals surface area contributed by atoms with Crippen LogP contribution < -0.4 is 5.32 Å². The second-order valence-electron chi connectivity index (χ2n) is 2.65. The number of hydrogen-bond acceptors (Lipinski definition) is 1. The quantitative estimate of drug-likeness (QED) is 0.444. The molecule has 0 fully saturated rings. The van der Waals surface area contributed by atoms with Crippen LogP contribution in [0.25, 0.3) is 0 Å². The first-order valence-corrected chi connectivity index (χ1v) is 3.64. The van der Waals surface area contributed by atoms with E-state index in [2.05, 4.69) is 32.7 Å². The molecule has 0 aliphatic heterocycles. The Morgan fingerprint density at radius 2 is 2.40 bits per heavy atom. The minimum Gasteiger partial charge on any atom is -0.313 e. The van der Waals surface area contributed by atoms with E-state index in [-0.39, 0.29) is 0 Å². The van der Waals surface area contributed by atoms with E-state index in [1.165, 1.54) is 5.47 Å². The first kappa shape index (κ1) is 9.50. The van der Waals surface area contributed by atoms with Crippen molar-refractivity contribution >= 4 is 7.85 Å². The molecule has 0 saturated carbocycles. The topological polar surface area (TPSA) is 12.0 Å². The molecule has 0 radical (unpaired) electrons. The summed E-state index contributed by atoms with van der Waals surface area (Å²) < 4.78 is 0. The molecular formula is C8H16BN. The van der Waals surface area contributed by atoms with Crippen LogP contribution in [0.4, 0.5) is 0 Å². The Hall–Kier alpha value is -0.495. The summed E-state index contributed by atoms with van der Waals surface area (Å²) in [6, 6.07) is 0.426. The van der Waals surface area contributed by atoms with Gasteiger partial charge in [0.15, 0.2) is 0 Å². The maximum atomic E-state index is 3.72. The van der Waals surface area contributed by atoms with E-state index < -0.39 is 0 Å². The summed E-state index contributed by atoms with van der Waals surface area (Å²) >= 11 is 0. The number of allylic oxidation sites excluding steroid dienone is 1. The van der Waals surface area contributed by atoms with Crippen LogP contribution in [0.2, 0.25) is 0 Å². The van der Waals surface area contributed by atoms with E-state index in [4.69, 9.17) is 0 Å². The minimum absolute atomic E-state index is 0.426. The van der Waals surface area contributed by atoms with Crippen LogP contribution in [-0.4, -0.2) is 20.9 Å². The second-order valence-corrected chi connectivity index (χ2v) is 2.65. The summed E-state index contributed by atoms with van der Waals surface area (Å²) in [5, 5.41) is 3.14. The van der Waals surface area contributed by atoms with Gasteiger partial charge in [-0.2, -0.15) is 0 Å². The summed E-state index contributed by atoms with van der Waals surface area (Å²) in [7, 11) is 4.06. The Morgan fingerprint density at radius 1 is 1.80 bits per heavy atom. The molecule has 0 saturated heterocycles. The predicted octanol–water partition coefficient (Wildman–Crippen LogP) is 0.687. The molecule has 0 aromatic rings. The van der Waals surface area contributed by atoms with Gasteiger partial charge in [0.1, 0.15) is 7.85 Å². The largest absolute Gasteiger partial charge is 0.313 e. The number of hydrogen-bond donors (Lipinski definition) is 1. The maximum absolute atomic E-state index is 3.72. The van der Waals surface area contributed by atoms with Gasteiger partial charge in [0, 0.05) is 6.04 Å². The smallest absolute Gasteiger partial charge is 0.133 e. The van der Waals surface area contributed by atoms with Crippen molar-refractivity contribution in [1.82, 2.24) is 5.32 Å². The van der Waals surface area contributed by atoms with Crippen molar-refractivity contribution in [2.75, 3.05) is 7.05 Å². The molecular weight excluding hydrogens is 121 g/mol. The van der Waals surface area contributed by atoms with Crippen molar-refractivity contribution in [3.8, 4) is 0 Å². The zero-order valence-electron chi connectivity index (χ0n) is 7.15. The van der Waals surface area contributed by atoms with Crippen molar-refractivity contribution in [2.24, 2.45) is 0 Å². The fourth-order valence-corrected chi connectivity index (χ4v) is 0.695. The molecule has 0 aromatic carbocycles. The van der Waals surface area contributed by atoms with Crippen LogP contribution in [-0.2, 0) is 0 Å². The van der Waals surface area contributed by atoms with E-state index in [0.29, 0.717) is 6.04 Å². The lowest BCUT2D eigenvalue weighted by molar-refractivity contribution is 0.677. The summed E-state index contributed by atoms with van der Waals surface area (Å²) in [5.41, 5.74) is 1.36. The highest BCUT2D eigenvalue weighted by Crippen LogP contribution is 1.96. The highest BCUT2D eigenvalue weighted by molar-refractivity contribution is 6.21. The average Bonchev–Trinajstić information content (AvgIpc) is 1.90. The van der Waals surface area contributed by atoms with Crippen LogP contribution in [0, 0.1) is 0 Å². The summed E-state index contributed by atoms with van der Waals surface area (Å²) in [5.74, 6) is 0. The molecule has 0 rings (SSSR count). The first-order chi connectivity index (χ1) is 4.70. The van der Waals surface area contributed by atoms with Gasteiger partial charge in [-0.05, 0) is 13.5 Å². The molecule has 1 N–H and O–H groups in total. The van der Waals surface area contributed by atoms with Gasteiger partial charge in [0.25, 0.3) is 0 Å². The summed E-state index contributed by atoms with van der Waals surface area (Å²) in [6.45, 7) is 5.82. The number of nitrogens with one attached hydrogen (secondary N) is 1. The van der Waals surface area contributed by atoms with Crippen molar-refractivity contribution in [3.63, 3.8) is 0 Å². The Bertz CT molecular complexity index is 125. The lowest BCUT2D eigenvalue weighted by Crippen LogP contribution is -2.21. The van der Waals surface area contributed by atoms with E-state index in [1.807, 2.05) is 13.1 Å². The van der Waals surface area contributed by atoms with E-state index in [1.54, 1.807) is 0 Å². The Morgan fingerprint density at radius 3 is 2.70 bits per heavy atom. The third-order valence-corrected chi connectivity index (χ3v) is 1.44. The molecule has 0 heterocycles. The van der Waals surface area contributed by atoms with Crippen LogP contribution in [0.1, 0.15) is 13.3 Å². The highest BCUT2D eigenvalue weighted by atomic mass is 14.8. The van der Waals surface area contributed by atoms with Gasteiger partial charge in [0.05, 0.1) is 0 Å². The average molecular weight is 137 g/mol. The molecule has 0 bridgehead atoms. The Balaban J connectivity index is 3.64. The molecule has 1 atom stereocenters. The third-order valence-electron chi connectivity index (χ3n) is 1.44. The zero-order valence-corrected chi connectivity index (χ0v) is 7.15. The van der Waals surface area contributed by atoms with Crippen molar-refractivity contribution in [1.29, 1.82) is 0 Å². The molecule has 0 spiro atoms. The molecule has 10 heavy (non-hydrogen) atoms. The fraction of sp³-hybridized carbons (Fsp3) is 0.500. The predicted molar refractivity (Wildman–Crippen MR) is 50.0 cm³/mol. The molecule has 2 heteroatoms. The van der Waals surface area contributed by atoms with Crippen LogP contribution >= 0.6 is 0 Å². The summed E-state index contributed by atoms with van der Waals surface area (Å²) in [6.07, 6.45) is 5.19. The Kier molecular flexibility index (Phi) is 5.04. The molecule has 0 aliphatic carbocycles. The third kappa shape index (κ3) is 4.39. The number of rotatable bonds is 4. The van der Waals surface area contributed by atoms with Gasteiger partial charge in [0.2, 0.25) is 0 Å². The molecule has 1 unspecified atom stereocenters. The normalized spacial score (nSPS) is 14.8. The molecule has 0 amide bonds. The zero-order chi connectivity index (χ0) is 7.98. The van der Waals surface area contributed by atoms with Gasteiger partial charge < -0.3 is 5.32 Å². The lowest BCUT2D eigenvalue weighted by Gasteiger charge is -2.07. The lowest BCUT2D eigenvalue weighted by atomic mass is 9.96. The van der Waals surface area contributed by atoms with Gasteiger partial charge in [-0.1, -0.05) is 19.1 Å². The fourth-order valence-electron chi connectivity index (χ4n) is 0.695. The van der Waals surface area contributed by atoms with Crippen molar-refractivity contribution in [3.05, 3.63) is 24.2 Å². The monoisotopic (exact) mass is 137 g/mol. The van der Waals surface area contributed by atoms with Crippen molar-refractivity contribution in [2.45, 2.75) is 19.4 Å². The van der Waals surface area contributed by atoms with Crippen LogP contribution in [0.15, 0.2) is 24.2 Å². The molecule has 1 nitrogen and oxygen atoms in total. The van der Waals surface area contributed by atoms with Crippen molar-refractivity contribution < 1.29 is 0 Å². The van der Waals surface area contributed by atoms with Gasteiger partial charge in [-0.15, -0.1) is 12.1 Å². The number of likely N-dealkylation sites (N-methyl/N-ethyl adjacent to an activating group) is 1. The van der Waals surface area contributed by atoms with Crippen LogP contribution in [0.5, 0.6) is 0 Å². The van der Waals surface area contributed by atoms with Gasteiger partial charge in [-0.25, -0.2) is 0 Å². The SMILES string of the molecule is B/C(C)=C/CC(C=C)NC. The molecule has 0 aromatic heterocycles.